The zero-order valence-electron chi connectivity index (χ0n) is 11.8. The highest BCUT2D eigenvalue weighted by atomic mass is 35.5. The van der Waals surface area contributed by atoms with Crippen LogP contribution in [0.15, 0.2) is 6.07 Å². The van der Waals surface area contributed by atoms with E-state index in [2.05, 4.69) is 20.1 Å². The van der Waals surface area contributed by atoms with Crippen LogP contribution >= 0.6 is 11.6 Å². The van der Waals surface area contributed by atoms with E-state index in [1.807, 2.05) is 11.8 Å². The Labute approximate surface area is 126 Å². The molecule has 2 aromatic rings. The molecule has 2 aromatic heterocycles. The van der Waals surface area contributed by atoms with Crippen LogP contribution < -0.4 is 9.64 Å². The van der Waals surface area contributed by atoms with Crippen LogP contribution in [0.5, 0.6) is 11.9 Å². The molecule has 0 unspecified atom stereocenters. The average Bonchev–Trinajstić information content (AvgIpc) is 2.77. The average molecular weight is 311 g/mol. The Bertz CT molecular complexity index is 641. The molecule has 0 radical (unpaired) electrons. The van der Waals surface area contributed by atoms with E-state index in [-0.39, 0.29) is 11.3 Å². The maximum atomic E-state index is 5.96. The lowest BCUT2D eigenvalue weighted by Crippen LogP contribution is -2.37. The van der Waals surface area contributed by atoms with Gasteiger partial charge in [-0.05, 0) is 18.5 Å². The molecule has 8 nitrogen and oxygen atoms in total. The number of anilines is 1. The predicted molar refractivity (Wildman–Crippen MR) is 75.9 cm³/mol. The van der Waals surface area contributed by atoms with Crippen molar-refractivity contribution in [3.05, 3.63) is 17.0 Å². The van der Waals surface area contributed by atoms with Crippen LogP contribution in [0.2, 0.25) is 5.28 Å². The van der Waals surface area contributed by atoms with Crippen molar-refractivity contribution in [2.75, 3.05) is 31.2 Å². The Balaban J connectivity index is 1.85. The van der Waals surface area contributed by atoms with Gasteiger partial charge in [0.25, 0.3) is 0 Å². The van der Waals surface area contributed by atoms with Gasteiger partial charge in [-0.1, -0.05) is 0 Å². The van der Waals surface area contributed by atoms with Crippen molar-refractivity contribution in [3.8, 4) is 11.9 Å². The summed E-state index contributed by atoms with van der Waals surface area (Å²) < 4.78 is 12.6. The van der Waals surface area contributed by atoms with Crippen molar-refractivity contribution in [1.29, 1.82) is 0 Å². The van der Waals surface area contributed by atoms with E-state index < -0.39 is 0 Å². The minimum absolute atomic E-state index is 0.0976. The van der Waals surface area contributed by atoms with Gasteiger partial charge in [-0.15, -0.1) is 0 Å². The zero-order chi connectivity index (χ0) is 14.8. The molecule has 0 saturated carbocycles. The molecule has 0 aromatic carbocycles. The summed E-state index contributed by atoms with van der Waals surface area (Å²) in [6.45, 7) is 4.59. The molecule has 1 fully saturated rings. The largest absolute Gasteiger partial charge is 0.405 e. The number of morpholine rings is 1. The monoisotopic (exact) mass is 310 g/mol. The fraction of sp³-hybridized carbons (Fsp3) is 0.500. The van der Waals surface area contributed by atoms with E-state index >= 15 is 0 Å². The van der Waals surface area contributed by atoms with Crippen LogP contribution in [-0.2, 0) is 11.8 Å². The fourth-order valence-electron chi connectivity index (χ4n) is 2.05. The first-order valence-electron chi connectivity index (χ1n) is 6.54. The molecule has 0 bridgehead atoms. The zero-order valence-corrected chi connectivity index (χ0v) is 12.5. The highest BCUT2D eigenvalue weighted by Crippen LogP contribution is 2.21. The molecule has 0 spiro atoms. The molecule has 0 N–H and O–H groups in total. The van der Waals surface area contributed by atoms with Gasteiger partial charge in [-0.2, -0.15) is 20.1 Å². The molecule has 0 aliphatic carbocycles. The molecular weight excluding hydrogens is 296 g/mol. The van der Waals surface area contributed by atoms with E-state index in [0.717, 1.165) is 5.69 Å². The van der Waals surface area contributed by atoms with Gasteiger partial charge >= 0.3 is 6.01 Å². The Morgan fingerprint density at radius 2 is 2.00 bits per heavy atom. The van der Waals surface area contributed by atoms with Crippen molar-refractivity contribution in [1.82, 2.24) is 24.7 Å². The topological polar surface area (TPSA) is 78.2 Å². The van der Waals surface area contributed by atoms with Crippen molar-refractivity contribution in [3.63, 3.8) is 0 Å². The van der Waals surface area contributed by atoms with E-state index in [1.54, 1.807) is 17.8 Å². The Morgan fingerprint density at radius 1 is 1.24 bits per heavy atom. The Kier molecular flexibility index (Phi) is 3.89. The molecule has 112 valence electrons. The summed E-state index contributed by atoms with van der Waals surface area (Å²) in [6, 6.07) is 1.95. The summed E-state index contributed by atoms with van der Waals surface area (Å²) in [5, 5.41) is 4.30. The number of hydrogen-bond donors (Lipinski definition) is 0. The lowest BCUT2D eigenvalue weighted by molar-refractivity contribution is 0.122. The summed E-state index contributed by atoms with van der Waals surface area (Å²) >= 11 is 5.96. The van der Waals surface area contributed by atoms with Gasteiger partial charge in [0.2, 0.25) is 17.1 Å². The van der Waals surface area contributed by atoms with Gasteiger partial charge in [0.15, 0.2) is 0 Å². The van der Waals surface area contributed by atoms with Crippen molar-refractivity contribution in [2.24, 2.45) is 7.05 Å². The second kappa shape index (κ2) is 5.82. The number of halogens is 1. The van der Waals surface area contributed by atoms with Gasteiger partial charge < -0.3 is 14.4 Å². The first kappa shape index (κ1) is 14.0. The number of ether oxygens (including phenoxy) is 2. The molecule has 21 heavy (non-hydrogen) atoms. The standard InChI is InChI=1S/C12H15ClN6O2/c1-8-7-9(18(2)17-8)21-12-15-10(13)14-11(16-12)19-3-5-20-6-4-19/h7H,3-6H2,1-2H3. The van der Waals surface area contributed by atoms with Crippen LogP contribution in [-0.4, -0.2) is 51.0 Å². The van der Waals surface area contributed by atoms with Gasteiger partial charge in [-0.25, -0.2) is 4.68 Å². The van der Waals surface area contributed by atoms with Crippen LogP contribution in [0.3, 0.4) is 0 Å². The van der Waals surface area contributed by atoms with Gasteiger partial charge in [-0.3, -0.25) is 0 Å². The normalized spacial score (nSPS) is 15.3. The maximum Gasteiger partial charge on any atom is 0.329 e. The summed E-state index contributed by atoms with van der Waals surface area (Å²) in [5.74, 6) is 1.04. The van der Waals surface area contributed by atoms with E-state index in [9.17, 15) is 0 Å². The molecule has 3 rings (SSSR count). The highest BCUT2D eigenvalue weighted by molar-refractivity contribution is 6.28. The number of aromatic nitrogens is 5. The minimum atomic E-state index is 0.0976. The molecule has 1 saturated heterocycles. The van der Waals surface area contributed by atoms with Crippen LogP contribution in [0.1, 0.15) is 5.69 Å². The number of aryl methyl sites for hydroxylation is 2. The maximum absolute atomic E-state index is 5.96. The third kappa shape index (κ3) is 3.22. The highest BCUT2D eigenvalue weighted by Gasteiger charge is 2.17. The lowest BCUT2D eigenvalue weighted by Gasteiger charge is -2.26. The molecule has 3 heterocycles. The number of nitrogens with zero attached hydrogens (tertiary/aromatic N) is 6. The molecule has 9 heteroatoms. The van der Waals surface area contributed by atoms with E-state index in [4.69, 9.17) is 21.1 Å². The first-order valence-corrected chi connectivity index (χ1v) is 6.92. The molecular formula is C12H15ClN6O2. The third-order valence-electron chi connectivity index (χ3n) is 3.02. The van der Waals surface area contributed by atoms with Crippen LogP contribution in [0, 0.1) is 6.92 Å². The molecule has 0 atom stereocenters. The molecule has 1 aliphatic rings. The van der Waals surface area contributed by atoms with Crippen LogP contribution in [0.25, 0.3) is 0 Å². The Morgan fingerprint density at radius 3 is 2.67 bits per heavy atom. The summed E-state index contributed by atoms with van der Waals surface area (Å²) in [6.07, 6.45) is 0. The predicted octanol–water partition coefficient (Wildman–Crippen LogP) is 1.20. The van der Waals surface area contributed by atoms with Crippen LogP contribution in [0.4, 0.5) is 5.95 Å². The van der Waals surface area contributed by atoms with Crippen molar-refractivity contribution < 1.29 is 9.47 Å². The van der Waals surface area contributed by atoms with E-state index in [0.29, 0.717) is 38.1 Å². The van der Waals surface area contributed by atoms with E-state index in [1.165, 1.54) is 0 Å². The lowest BCUT2D eigenvalue weighted by atomic mass is 10.4. The number of rotatable bonds is 3. The smallest absolute Gasteiger partial charge is 0.329 e. The Hall–Kier alpha value is -1.93. The number of hydrogen-bond acceptors (Lipinski definition) is 7. The van der Waals surface area contributed by atoms with Crippen molar-refractivity contribution >= 4 is 17.5 Å². The quantitative estimate of drug-likeness (QED) is 0.842. The molecule has 1 aliphatic heterocycles. The van der Waals surface area contributed by atoms with Gasteiger partial charge in [0, 0.05) is 26.2 Å². The second-order valence-electron chi connectivity index (χ2n) is 4.64. The third-order valence-corrected chi connectivity index (χ3v) is 3.19. The van der Waals surface area contributed by atoms with Gasteiger partial charge in [0.1, 0.15) is 0 Å². The fourth-order valence-corrected chi connectivity index (χ4v) is 2.20. The summed E-state index contributed by atoms with van der Waals surface area (Å²) in [5.41, 5.74) is 0.848. The molecule has 0 amide bonds. The minimum Gasteiger partial charge on any atom is -0.405 e. The first-order chi connectivity index (χ1) is 10.1. The van der Waals surface area contributed by atoms with Gasteiger partial charge in [0.05, 0.1) is 18.9 Å². The SMILES string of the molecule is Cc1cc(Oc2nc(Cl)nc(N3CCOCC3)n2)n(C)n1. The van der Waals surface area contributed by atoms with Crippen molar-refractivity contribution in [2.45, 2.75) is 6.92 Å². The second-order valence-corrected chi connectivity index (χ2v) is 4.97. The summed E-state index contributed by atoms with van der Waals surface area (Å²) in [4.78, 5) is 14.4. The summed E-state index contributed by atoms with van der Waals surface area (Å²) in [7, 11) is 1.79.